The number of nitrogen functional groups attached to an aromatic ring is 1. The van der Waals surface area contributed by atoms with E-state index in [1.807, 2.05) is 6.07 Å². The van der Waals surface area contributed by atoms with E-state index in [1.165, 1.54) is 0 Å². The molecule has 0 aliphatic carbocycles. The highest BCUT2D eigenvalue weighted by Crippen LogP contribution is 2.23. The molecule has 0 aliphatic rings. The molecule has 2 aromatic carbocycles. The van der Waals surface area contributed by atoms with Crippen molar-refractivity contribution in [2.75, 3.05) is 5.73 Å². The topological polar surface area (TPSA) is 43.1 Å². The summed E-state index contributed by atoms with van der Waals surface area (Å²) in [6.07, 6.45) is 1.07. The van der Waals surface area contributed by atoms with Crippen molar-refractivity contribution in [3.8, 4) is 0 Å². The Balaban J connectivity index is 2.00. The largest absolute Gasteiger partial charge is 0.399 e. The molecule has 2 nitrogen and oxygen atoms in total. The van der Waals surface area contributed by atoms with Crippen molar-refractivity contribution < 1.29 is 4.79 Å². The maximum absolute atomic E-state index is 12.0. The molecular weight excluding hydrogens is 281 g/mol. The third kappa shape index (κ3) is 3.72. The van der Waals surface area contributed by atoms with Crippen LogP contribution in [-0.4, -0.2) is 5.78 Å². The number of carbonyl (C=O) groups excluding carboxylic acids is 1. The van der Waals surface area contributed by atoms with Crippen LogP contribution in [0.2, 0.25) is 10.0 Å². The molecular formula is C15H13Cl2NO. The first-order valence-corrected chi connectivity index (χ1v) is 6.64. The zero-order valence-corrected chi connectivity index (χ0v) is 11.7. The average Bonchev–Trinajstić information content (AvgIpc) is 2.40. The van der Waals surface area contributed by atoms with E-state index in [1.54, 1.807) is 36.4 Å². The fraction of sp³-hybridized carbons (Fsp3) is 0.133. The van der Waals surface area contributed by atoms with Crippen molar-refractivity contribution in [1.82, 2.24) is 0 Å². The Kier molecular flexibility index (Phi) is 4.46. The summed E-state index contributed by atoms with van der Waals surface area (Å²) in [5.41, 5.74) is 7.91. The second-order valence-electron chi connectivity index (χ2n) is 4.29. The van der Waals surface area contributed by atoms with Gasteiger partial charge in [-0.05, 0) is 48.4 Å². The third-order valence-electron chi connectivity index (χ3n) is 2.86. The van der Waals surface area contributed by atoms with Gasteiger partial charge >= 0.3 is 0 Å². The minimum absolute atomic E-state index is 0.0890. The summed E-state index contributed by atoms with van der Waals surface area (Å²) in [6.45, 7) is 0. The van der Waals surface area contributed by atoms with E-state index in [9.17, 15) is 4.79 Å². The molecule has 0 bridgehead atoms. The molecule has 98 valence electrons. The normalized spacial score (nSPS) is 10.4. The Labute approximate surface area is 122 Å². The van der Waals surface area contributed by atoms with Crippen LogP contribution in [0.4, 0.5) is 5.69 Å². The molecule has 0 radical (unpaired) electrons. The van der Waals surface area contributed by atoms with Gasteiger partial charge in [-0.3, -0.25) is 4.79 Å². The number of benzene rings is 2. The van der Waals surface area contributed by atoms with E-state index in [0.29, 0.717) is 34.1 Å². The molecule has 0 spiro atoms. The van der Waals surface area contributed by atoms with Crippen LogP contribution in [0.1, 0.15) is 22.3 Å². The first-order valence-electron chi connectivity index (χ1n) is 5.89. The first kappa shape index (κ1) is 13.9. The number of halogens is 2. The Hall–Kier alpha value is -1.51. The van der Waals surface area contributed by atoms with Gasteiger partial charge in [0.05, 0.1) is 10.0 Å². The fourth-order valence-corrected chi connectivity index (χ4v) is 2.09. The SMILES string of the molecule is Nc1ccc(C(=O)CCc2ccc(Cl)c(Cl)c2)cc1. The van der Waals surface area contributed by atoms with Gasteiger partial charge in [-0.25, -0.2) is 0 Å². The van der Waals surface area contributed by atoms with Gasteiger partial charge in [-0.15, -0.1) is 0 Å². The van der Waals surface area contributed by atoms with E-state index in [4.69, 9.17) is 28.9 Å². The summed E-state index contributed by atoms with van der Waals surface area (Å²) in [4.78, 5) is 12.0. The molecule has 19 heavy (non-hydrogen) atoms. The molecule has 0 atom stereocenters. The molecule has 0 saturated carbocycles. The van der Waals surface area contributed by atoms with Crippen LogP contribution >= 0.6 is 23.2 Å². The van der Waals surface area contributed by atoms with Crippen LogP contribution in [0.25, 0.3) is 0 Å². The van der Waals surface area contributed by atoms with Gasteiger partial charge in [-0.1, -0.05) is 29.3 Å². The lowest BCUT2D eigenvalue weighted by atomic mass is 10.0. The van der Waals surface area contributed by atoms with Crippen molar-refractivity contribution in [1.29, 1.82) is 0 Å². The van der Waals surface area contributed by atoms with Gasteiger partial charge in [0.25, 0.3) is 0 Å². The molecule has 0 fully saturated rings. The summed E-state index contributed by atoms with van der Waals surface area (Å²) >= 11 is 11.8. The first-order chi connectivity index (χ1) is 9.06. The van der Waals surface area contributed by atoms with E-state index in [2.05, 4.69) is 0 Å². The summed E-state index contributed by atoms with van der Waals surface area (Å²) in [7, 11) is 0. The second kappa shape index (κ2) is 6.09. The van der Waals surface area contributed by atoms with Gasteiger partial charge in [0, 0.05) is 17.7 Å². The number of rotatable bonds is 4. The molecule has 2 N–H and O–H groups in total. The Bertz CT molecular complexity index is 594. The van der Waals surface area contributed by atoms with E-state index >= 15 is 0 Å². The molecule has 0 aliphatic heterocycles. The van der Waals surface area contributed by atoms with E-state index < -0.39 is 0 Å². The zero-order chi connectivity index (χ0) is 13.8. The van der Waals surface area contributed by atoms with Gasteiger partial charge in [0.15, 0.2) is 5.78 Å². The summed E-state index contributed by atoms with van der Waals surface area (Å²) in [5.74, 6) is 0.0890. The van der Waals surface area contributed by atoms with E-state index in [-0.39, 0.29) is 5.78 Å². The number of hydrogen-bond donors (Lipinski definition) is 1. The number of aryl methyl sites for hydroxylation is 1. The highest BCUT2D eigenvalue weighted by Gasteiger charge is 2.07. The highest BCUT2D eigenvalue weighted by molar-refractivity contribution is 6.42. The van der Waals surface area contributed by atoms with Gasteiger partial charge in [-0.2, -0.15) is 0 Å². The quantitative estimate of drug-likeness (QED) is 0.671. The van der Waals surface area contributed by atoms with Crippen LogP contribution < -0.4 is 5.73 Å². The number of Topliss-reactive ketones (excluding diaryl/α,β-unsaturated/α-hetero) is 1. The van der Waals surface area contributed by atoms with E-state index in [0.717, 1.165) is 5.56 Å². The second-order valence-corrected chi connectivity index (χ2v) is 5.11. The number of hydrogen-bond acceptors (Lipinski definition) is 2. The molecule has 0 unspecified atom stereocenters. The molecule has 2 rings (SSSR count). The predicted octanol–water partition coefficient (Wildman–Crippen LogP) is 4.39. The smallest absolute Gasteiger partial charge is 0.163 e. The van der Waals surface area contributed by atoms with Crippen LogP contribution in [0.3, 0.4) is 0 Å². The maximum atomic E-state index is 12.0. The minimum atomic E-state index is 0.0890. The molecule has 0 heterocycles. The molecule has 4 heteroatoms. The summed E-state index contributed by atoms with van der Waals surface area (Å²) in [5, 5.41) is 1.04. The van der Waals surface area contributed by atoms with Crippen molar-refractivity contribution in [2.45, 2.75) is 12.8 Å². The van der Waals surface area contributed by atoms with Crippen LogP contribution in [0.5, 0.6) is 0 Å². The zero-order valence-electron chi connectivity index (χ0n) is 10.2. The van der Waals surface area contributed by atoms with Crippen molar-refractivity contribution in [2.24, 2.45) is 0 Å². The minimum Gasteiger partial charge on any atom is -0.399 e. The number of nitrogens with two attached hydrogens (primary N) is 1. The lowest BCUT2D eigenvalue weighted by Gasteiger charge is -2.04. The van der Waals surface area contributed by atoms with Crippen molar-refractivity contribution in [3.63, 3.8) is 0 Å². The standard InChI is InChI=1S/C15H13Cl2NO/c16-13-7-1-10(9-14(13)17)2-8-15(19)11-3-5-12(18)6-4-11/h1,3-7,9H,2,8,18H2. The third-order valence-corrected chi connectivity index (χ3v) is 3.60. The fourth-order valence-electron chi connectivity index (χ4n) is 1.77. The van der Waals surface area contributed by atoms with Gasteiger partial charge < -0.3 is 5.73 Å². The molecule has 2 aromatic rings. The van der Waals surface area contributed by atoms with Crippen LogP contribution in [0, 0.1) is 0 Å². The van der Waals surface area contributed by atoms with Crippen molar-refractivity contribution in [3.05, 3.63) is 63.6 Å². The Morgan fingerprint density at radius 2 is 1.68 bits per heavy atom. The van der Waals surface area contributed by atoms with Gasteiger partial charge in [0.2, 0.25) is 0 Å². The average molecular weight is 294 g/mol. The Morgan fingerprint density at radius 3 is 2.32 bits per heavy atom. The lowest BCUT2D eigenvalue weighted by molar-refractivity contribution is 0.0983. The van der Waals surface area contributed by atoms with Gasteiger partial charge in [0.1, 0.15) is 0 Å². The molecule has 0 saturated heterocycles. The number of carbonyl (C=O) groups is 1. The lowest BCUT2D eigenvalue weighted by Crippen LogP contribution is -2.01. The monoisotopic (exact) mass is 293 g/mol. The number of ketones is 1. The maximum Gasteiger partial charge on any atom is 0.163 e. The molecule has 0 amide bonds. The highest BCUT2D eigenvalue weighted by atomic mass is 35.5. The van der Waals surface area contributed by atoms with Crippen LogP contribution in [0.15, 0.2) is 42.5 Å². The number of anilines is 1. The molecule has 0 aromatic heterocycles. The Morgan fingerprint density at radius 1 is 1.00 bits per heavy atom. The van der Waals surface area contributed by atoms with Crippen molar-refractivity contribution >= 4 is 34.7 Å². The summed E-state index contributed by atoms with van der Waals surface area (Å²) in [6, 6.07) is 12.4. The predicted molar refractivity (Wildman–Crippen MR) is 80.0 cm³/mol. The summed E-state index contributed by atoms with van der Waals surface area (Å²) < 4.78 is 0. The van der Waals surface area contributed by atoms with Crippen LogP contribution in [-0.2, 0) is 6.42 Å².